The Labute approximate surface area is 71.0 Å². The molecule has 2 unspecified atom stereocenters. The summed E-state index contributed by atoms with van der Waals surface area (Å²) in [4.78, 5) is 2.23. The highest BCUT2D eigenvalue weighted by Gasteiger charge is 2.13. The Morgan fingerprint density at radius 1 is 1.36 bits per heavy atom. The molecule has 0 aromatic rings. The Hall–Kier alpha value is -0.0800. The van der Waals surface area contributed by atoms with Crippen LogP contribution in [0.25, 0.3) is 0 Å². The van der Waals surface area contributed by atoms with Crippen LogP contribution in [0.4, 0.5) is 0 Å². The van der Waals surface area contributed by atoms with E-state index in [1.807, 2.05) is 7.05 Å². The molecule has 0 rings (SSSR count). The third-order valence-electron chi connectivity index (χ3n) is 2.26. The van der Waals surface area contributed by atoms with Crippen LogP contribution in [0.5, 0.6) is 0 Å². The highest BCUT2D eigenvalue weighted by molar-refractivity contribution is 4.72. The fourth-order valence-corrected chi connectivity index (χ4v) is 1.23. The topological polar surface area (TPSA) is 15.3 Å². The molecule has 0 aromatic carbocycles. The number of nitrogens with zero attached hydrogens (tertiary/aromatic N) is 1. The van der Waals surface area contributed by atoms with Crippen molar-refractivity contribution >= 4 is 0 Å². The second-order valence-electron chi connectivity index (χ2n) is 3.54. The van der Waals surface area contributed by atoms with Gasteiger partial charge in [0.2, 0.25) is 0 Å². The predicted molar refractivity (Wildman–Crippen MR) is 50.9 cm³/mol. The minimum absolute atomic E-state index is 0.634. The largest absolute Gasteiger partial charge is 0.315 e. The lowest BCUT2D eigenvalue weighted by molar-refractivity contribution is 0.286. The summed E-state index contributed by atoms with van der Waals surface area (Å²) in [5.41, 5.74) is 0. The second-order valence-corrected chi connectivity index (χ2v) is 3.54. The van der Waals surface area contributed by atoms with Crippen molar-refractivity contribution in [2.45, 2.75) is 26.3 Å². The molecule has 0 saturated heterocycles. The third kappa shape index (κ3) is 4.38. The number of hydrogen-bond donors (Lipinski definition) is 1. The zero-order valence-electron chi connectivity index (χ0n) is 8.52. The zero-order valence-corrected chi connectivity index (χ0v) is 8.52. The molecule has 0 saturated carbocycles. The molecule has 68 valence electrons. The van der Waals surface area contributed by atoms with Crippen molar-refractivity contribution < 1.29 is 0 Å². The van der Waals surface area contributed by atoms with E-state index >= 15 is 0 Å². The Morgan fingerprint density at radius 2 is 1.91 bits per heavy atom. The average Bonchev–Trinajstić information content (AvgIpc) is 1.98. The standard InChI is InChI=1S/C9H22N2/c1-6-8(2)9(10-3)7-11(4)5/h8-10H,6-7H2,1-5H3. The maximum atomic E-state index is 3.34. The Kier molecular flexibility index (Phi) is 5.51. The maximum absolute atomic E-state index is 3.34. The molecule has 0 spiro atoms. The van der Waals surface area contributed by atoms with Crippen molar-refractivity contribution in [3.63, 3.8) is 0 Å². The molecule has 2 heteroatoms. The van der Waals surface area contributed by atoms with E-state index in [4.69, 9.17) is 0 Å². The van der Waals surface area contributed by atoms with Gasteiger partial charge in [-0.15, -0.1) is 0 Å². The summed E-state index contributed by atoms with van der Waals surface area (Å²) >= 11 is 0. The summed E-state index contributed by atoms with van der Waals surface area (Å²) < 4.78 is 0. The minimum Gasteiger partial charge on any atom is -0.315 e. The van der Waals surface area contributed by atoms with Gasteiger partial charge in [-0.05, 0) is 27.1 Å². The SMILES string of the molecule is CCC(C)C(CN(C)C)NC. The minimum atomic E-state index is 0.634. The van der Waals surface area contributed by atoms with Crippen LogP contribution in [0, 0.1) is 5.92 Å². The van der Waals surface area contributed by atoms with Crippen LogP contribution >= 0.6 is 0 Å². The smallest absolute Gasteiger partial charge is 0.0217 e. The van der Waals surface area contributed by atoms with E-state index in [-0.39, 0.29) is 0 Å². The molecule has 0 bridgehead atoms. The van der Waals surface area contributed by atoms with Gasteiger partial charge in [0.15, 0.2) is 0 Å². The van der Waals surface area contributed by atoms with Gasteiger partial charge in [0.05, 0.1) is 0 Å². The number of likely N-dealkylation sites (N-methyl/N-ethyl adjacent to an activating group) is 2. The molecule has 0 fully saturated rings. The van der Waals surface area contributed by atoms with Crippen molar-refractivity contribution in [3.8, 4) is 0 Å². The van der Waals surface area contributed by atoms with Gasteiger partial charge < -0.3 is 10.2 Å². The Balaban J connectivity index is 3.74. The van der Waals surface area contributed by atoms with Crippen molar-refractivity contribution in [2.75, 3.05) is 27.7 Å². The quantitative estimate of drug-likeness (QED) is 0.646. The summed E-state index contributed by atoms with van der Waals surface area (Å²) in [5, 5.41) is 3.34. The summed E-state index contributed by atoms with van der Waals surface area (Å²) in [5.74, 6) is 0.766. The van der Waals surface area contributed by atoms with E-state index < -0.39 is 0 Å². The van der Waals surface area contributed by atoms with Gasteiger partial charge in [0.1, 0.15) is 0 Å². The summed E-state index contributed by atoms with van der Waals surface area (Å²) in [6.07, 6.45) is 1.25. The first-order valence-corrected chi connectivity index (χ1v) is 4.43. The highest BCUT2D eigenvalue weighted by atomic mass is 15.1. The first-order valence-electron chi connectivity index (χ1n) is 4.43. The van der Waals surface area contributed by atoms with Gasteiger partial charge >= 0.3 is 0 Å². The molecule has 11 heavy (non-hydrogen) atoms. The fourth-order valence-electron chi connectivity index (χ4n) is 1.23. The highest BCUT2D eigenvalue weighted by Crippen LogP contribution is 2.07. The van der Waals surface area contributed by atoms with E-state index in [1.165, 1.54) is 6.42 Å². The lowest BCUT2D eigenvalue weighted by atomic mass is 9.99. The van der Waals surface area contributed by atoms with Crippen LogP contribution in [0.2, 0.25) is 0 Å². The lowest BCUT2D eigenvalue weighted by Gasteiger charge is -2.25. The van der Waals surface area contributed by atoms with Crippen molar-refractivity contribution in [1.29, 1.82) is 0 Å². The van der Waals surface area contributed by atoms with Crippen LogP contribution in [0.3, 0.4) is 0 Å². The first kappa shape index (κ1) is 10.9. The first-order chi connectivity index (χ1) is 5.11. The number of rotatable bonds is 5. The second kappa shape index (κ2) is 5.56. The van der Waals surface area contributed by atoms with Crippen LogP contribution in [0.1, 0.15) is 20.3 Å². The normalized spacial score (nSPS) is 16.9. The molecule has 0 aliphatic carbocycles. The third-order valence-corrected chi connectivity index (χ3v) is 2.26. The van der Waals surface area contributed by atoms with Crippen LogP contribution < -0.4 is 5.32 Å². The van der Waals surface area contributed by atoms with Gasteiger partial charge in [-0.25, -0.2) is 0 Å². The number of nitrogens with one attached hydrogen (secondary N) is 1. The molecule has 1 N–H and O–H groups in total. The molecule has 0 aliphatic heterocycles. The monoisotopic (exact) mass is 158 g/mol. The van der Waals surface area contributed by atoms with Crippen LogP contribution in [-0.2, 0) is 0 Å². The van der Waals surface area contributed by atoms with Crippen molar-refractivity contribution in [3.05, 3.63) is 0 Å². The Morgan fingerprint density at radius 3 is 2.18 bits per heavy atom. The van der Waals surface area contributed by atoms with Crippen LogP contribution in [-0.4, -0.2) is 38.6 Å². The van der Waals surface area contributed by atoms with E-state index in [0.717, 1.165) is 12.5 Å². The maximum Gasteiger partial charge on any atom is 0.0217 e. The lowest BCUT2D eigenvalue weighted by Crippen LogP contribution is -2.40. The molecule has 2 atom stereocenters. The molecular weight excluding hydrogens is 136 g/mol. The molecule has 0 amide bonds. The fraction of sp³-hybridized carbons (Fsp3) is 1.00. The van der Waals surface area contributed by atoms with Crippen molar-refractivity contribution in [2.24, 2.45) is 5.92 Å². The zero-order chi connectivity index (χ0) is 8.85. The van der Waals surface area contributed by atoms with E-state index in [9.17, 15) is 0 Å². The van der Waals surface area contributed by atoms with Gasteiger partial charge in [-0.1, -0.05) is 20.3 Å². The summed E-state index contributed by atoms with van der Waals surface area (Å²) in [6.45, 7) is 5.67. The molecule has 0 radical (unpaired) electrons. The van der Waals surface area contributed by atoms with Gasteiger partial charge in [0.25, 0.3) is 0 Å². The molecule has 0 aromatic heterocycles. The summed E-state index contributed by atoms with van der Waals surface area (Å²) in [6, 6.07) is 0.634. The van der Waals surface area contributed by atoms with Gasteiger partial charge in [0, 0.05) is 12.6 Å². The molecule has 0 aliphatic rings. The van der Waals surface area contributed by atoms with E-state index in [2.05, 4.69) is 38.2 Å². The number of hydrogen-bond acceptors (Lipinski definition) is 2. The van der Waals surface area contributed by atoms with Crippen LogP contribution in [0.15, 0.2) is 0 Å². The molecule has 0 heterocycles. The van der Waals surface area contributed by atoms with Gasteiger partial charge in [-0.3, -0.25) is 0 Å². The Bertz CT molecular complexity index is 91.6. The van der Waals surface area contributed by atoms with E-state index in [1.54, 1.807) is 0 Å². The van der Waals surface area contributed by atoms with Crippen molar-refractivity contribution in [1.82, 2.24) is 10.2 Å². The summed E-state index contributed by atoms with van der Waals surface area (Å²) in [7, 11) is 6.28. The molecule has 2 nitrogen and oxygen atoms in total. The predicted octanol–water partition coefficient (Wildman–Crippen LogP) is 1.18. The average molecular weight is 158 g/mol. The van der Waals surface area contributed by atoms with E-state index in [0.29, 0.717) is 6.04 Å². The van der Waals surface area contributed by atoms with Gasteiger partial charge in [-0.2, -0.15) is 0 Å². The molecular formula is C9H22N2.